The fraction of sp³-hybridized carbons (Fsp3) is 0.500. The summed E-state index contributed by atoms with van der Waals surface area (Å²) in [6.07, 6.45) is -2.40. The van der Waals surface area contributed by atoms with Gasteiger partial charge in [-0.15, -0.1) is 0 Å². The number of carbonyl (C=O) groups is 1. The second-order valence-electron chi connectivity index (χ2n) is 5.02. The van der Waals surface area contributed by atoms with Crippen molar-refractivity contribution in [2.24, 2.45) is 0 Å². The van der Waals surface area contributed by atoms with Crippen molar-refractivity contribution in [3.05, 3.63) is 22.2 Å². The lowest BCUT2D eigenvalue weighted by Crippen LogP contribution is -2.39. The van der Waals surface area contributed by atoms with E-state index in [4.69, 9.17) is 14.2 Å². The molecule has 1 aliphatic rings. The van der Waals surface area contributed by atoms with Crippen LogP contribution in [0.1, 0.15) is 37.0 Å². The van der Waals surface area contributed by atoms with Crippen LogP contribution in [0.4, 0.5) is 8.78 Å². The number of rotatable bonds is 5. The molecule has 0 bridgehead atoms. The number of esters is 1. The van der Waals surface area contributed by atoms with E-state index in [2.05, 4.69) is 15.9 Å². The van der Waals surface area contributed by atoms with Gasteiger partial charge in [0.05, 0.1) is 11.1 Å². The molecule has 0 radical (unpaired) electrons. The summed E-state index contributed by atoms with van der Waals surface area (Å²) < 4.78 is 40.9. The van der Waals surface area contributed by atoms with Gasteiger partial charge >= 0.3 is 5.97 Å². The highest BCUT2D eigenvalue weighted by Crippen LogP contribution is 2.42. The molecule has 7 heteroatoms. The van der Waals surface area contributed by atoms with Crippen molar-refractivity contribution in [3.8, 4) is 11.5 Å². The summed E-state index contributed by atoms with van der Waals surface area (Å²) in [5, 5.41) is 0. The molecular formula is C14H15BrF2O4. The Hall–Kier alpha value is -1.37. The van der Waals surface area contributed by atoms with Gasteiger partial charge in [-0.25, -0.2) is 13.6 Å². The van der Waals surface area contributed by atoms with E-state index in [9.17, 15) is 13.6 Å². The predicted molar refractivity (Wildman–Crippen MR) is 75.0 cm³/mol. The van der Waals surface area contributed by atoms with Gasteiger partial charge in [0.25, 0.3) is 0 Å². The highest BCUT2D eigenvalue weighted by atomic mass is 79.9. The van der Waals surface area contributed by atoms with E-state index in [0.29, 0.717) is 10.2 Å². The zero-order valence-electron chi connectivity index (χ0n) is 11.6. The van der Waals surface area contributed by atoms with Crippen molar-refractivity contribution in [1.82, 2.24) is 0 Å². The van der Waals surface area contributed by atoms with Gasteiger partial charge in [0, 0.05) is 20.3 Å². The van der Waals surface area contributed by atoms with E-state index in [1.54, 1.807) is 26.0 Å². The lowest BCUT2D eigenvalue weighted by atomic mass is 10.1. The minimum absolute atomic E-state index is 0.0923. The molecule has 0 saturated carbocycles. The molecule has 0 aliphatic carbocycles. The molecule has 0 spiro atoms. The number of alkyl halides is 2. The van der Waals surface area contributed by atoms with Crippen LogP contribution in [-0.2, 0) is 4.74 Å². The third-order valence-electron chi connectivity index (χ3n) is 2.79. The Morgan fingerprint density at radius 3 is 2.71 bits per heavy atom. The van der Waals surface area contributed by atoms with Crippen molar-refractivity contribution < 1.29 is 27.8 Å². The Kier molecular flexibility index (Phi) is 4.70. The topological polar surface area (TPSA) is 44.8 Å². The van der Waals surface area contributed by atoms with Gasteiger partial charge < -0.3 is 14.2 Å². The Bertz CT molecular complexity index is 546. The molecule has 0 unspecified atom stereocenters. The number of benzene rings is 1. The van der Waals surface area contributed by atoms with Crippen molar-refractivity contribution in [1.29, 1.82) is 0 Å². The average Bonchev–Trinajstić information content (AvgIpc) is 2.36. The van der Waals surface area contributed by atoms with Gasteiger partial charge in [0.15, 0.2) is 5.75 Å². The zero-order chi connectivity index (χ0) is 15.6. The van der Waals surface area contributed by atoms with E-state index in [-0.39, 0.29) is 30.8 Å². The fourth-order valence-corrected chi connectivity index (χ4v) is 2.32. The maximum Gasteiger partial charge on any atom is 0.349 e. The van der Waals surface area contributed by atoms with E-state index in [1.165, 1.54) is 0 Å². The van der Waals surface area contributed by atoms with Gasteiger partial charge in [0.2, 0.25) is 12.2 Å². The molecule has 116 valence electrons. The zero-order valence-corrected chi connectivity index (χ0v) is 13.2. The quantitative estimate of drug-likeness (QED) is 0.581. The normalized spacial score (nSPS) is 16.2. The first-order valence-electron chi connectivity index (χ1n) is 6.46. The molecule has 0 aromatic heterocycles. The lowest BCUT2D eigenvalue weighted by Gasteiger charge is -2.32. The van der Waals surface area contributed by atoms with Gasteiger partial charge in [-0.05, 0) is 34.5 Å². The summed E-state index contributed by atoms with van der Waals surface area (Å²) in [6, 6.07) is 3.25. The Morgan fingerprint density at radius 1 is 1.33 bits per heavy atom. The van der Waals surface area contributed by atoms with Gasteiger partial charge in [-0.3, -0.25) is 0 Å². The summed E-state index contributed by atoms with van der Waals surface area (Å²) >= 11 is 3.31. The molecule has 0 atom stereocenters. The third-order valence-corrected chi connectivity index (χ3v) is 3.41. The maximum atomic E-state index is 12.1. The van der Waals surface area contributed by atoms with Crippen molar-refractivity contribution in [3.63, 3.8) is 0 Å². The minimum atomic E-state index is -2.36. The van der Waals surface area contributed by atoms with E-state index in [1.807, 2.05) is 0 Å². The Balaban J connectivity index is 2.19. The highest BCUT2D eigenvalue weighted by Gasteiger charge is 2.37. The summed E-state index contributed by atoms with van der Waals surface area (Å²) in [7, 11) is 0. The maximum absolute atomic E-state index is 12.1. The molecule has 1 heterocycles. The second kappa shape index (κ2) is 6.17. The minimum Gasteiger partial charge on any atom is -0.493 e. The monoisotopic (exact) mass is 364 g/mol. The molecule has 0 amide bonds. The third kappa shape index (κ3) is 3.84. The number of ether oxygens (including phenoxy) is 3. The standard InChI is InChI=1S/C14H15BrF2O4/c1-14(2)20-12-8(15)5-6-9(11(12)13(18)21-14)19-7-3-4-10(16)17/h5-6,10H,3-4,7H2,1-2H3. The smallest absolute Gasteiger partial charge is 0.349 e. The number of halogens is 3. The van der Waals surface area contributed by atoms with Crippen LogP contribution < -0.4 is 9.47 Å². The van der Waals surface area contributed by atoms with Gasteiger partial charge in [-0.1, -0.05) is 0 Å². The summed E-state index contributed by atoms with van der Waals surface area (Å²) in [5.41, 5.74) is 0.167. The number of cyclic esters (lactones) is 1. The van der Waals surface area contributed by atoms with Crippen LogP contribution in [0.25, 0.3) is 0 Å². The number of carbonyl (C=O) groups excluding carboxylic acids is 1. The van der Waals surface area contributed by atoms with Crippen molar-refractivity contribution in [2.45, 2.75) is 38.9 Å². The molecule has 0 saturated heterocycles. The van der Waals surface area contributed by atoms with E-state index in [0.717, 1.165) is 0 Å². The molecule has 1 aliphatic heterocycles. The van der Waals surface area contributed by atoms with Crippen LogP contribution in [0.3, 0.4) is 0 Å². The molecule has 2 rings (SSSR count). The van der Waals surface area contributed by atoms with Crippen molar-refractivity contribution >= 4 is 21.9 Å². The second-order valence-corrected chi connectivity index (χ2v) is 5.88. The molecule has 0 fully saturated rings. The first kappa shape index (κ1) is 16.0. The van der Waals surface area contributed by atoms with Crippen LogP contribution in [0, 0.1) is 0 Å². The fourth-order valence-electron chi connectivity index (χ4n) is 1.91. The summed E-state index contributed by atoms with van der Waals surface area (Å²) in [5.74, 6) is -1.03. The number of fused-ring (bicyclic) bond motifs is 1. The molecule has 0 N–H and O–H groups in total. The first-order valence-corrected chi connectivity index (χ1v) is 7.25. The van der Waals surface area contributed by atoms with Gasteiger partial charge in [0.1, 0.15) is 11.3 Å². The van der Waals surface area contributed by atoms with Gasteiger partial charge in [-0.2, -0.15) is 0 Å². The Labute approximate surface area is 129 Å². The van der Waals surface area contributed by atoms with Crippen LogP contribution in [0.5, 0.6) is 11.5 Å². The molecule has 1 aromatic carbocycles. The molecule has 4 nitrogen and oxygen atoms in total. The average molecular weight is 365 g/mol. The first-order chi connectivity index (χ1) is 9.80. The van der Waals surface area contributed by atoms with Crippen LogP contribution >= 0.6 is 15.9 Å². The highest BCUT2D eigenvalue weighted by molar-refractivity contribution is 9.10. The Morgan fingerprint density at radius 2 is 2.05 bits per heavy atom. The number of hydrogen-bond donors (Lipinski definition) is 0. The predicted octanol–water partition coefficient (Wildman–Crippen LogP) is 4.16. The molecule has 21 heavy (non-hydrogen) atoms. The van der Waals surface area contributed by atoms with E-state index < -0.39 is 18.2 Å². The van der Waals surface area contributed by atoms with Crippen molar-refractivity contribution in [2.75, 3.05) is 6.61 Å². The van der Waals surface area contributed by atoms with Crippen LogP contribution in [-0.4, -0.2) is 24.8 Å². The SMILES string of the molecule is CC1(C)OC(=O)c2c(OCCCC(F)F)ccc(Br)c2O1. The summed E-state index contributed by atoms with van der Waals surface area (Å²) in [4.78, 5) is 12.1. The van der Waals surface area contributed by atoms with Crippen LogP contribution in [0.2, 0.25) is 0 Å². The number of hydrogen-bond acceptors (Lipinski definition) is 4. The summed E-state index contributed by atoms with van der Waals surface area (Å²) in [6.45, 7) is 3.34. The van der Waals surface area contributed by atoms with E-state index >= 15 is 0 Å². The molecular weight excluding hydrogens is 350 g/mol. The largest absolute Gasteiger partial charge is 0.493 e. The lowest BCUT2D eigenvalue weighted by molar-refractivity contribution is -0.128. The molecule has 1 aromatic rings. The van der Waals surface area contributed by atoms with Crippen LogP contribution in [0.15, 0.2) is 16.6 Å².